The number of aliphatic carboxylic acids is 1. The van der Waals surface area contributed by atoms with E-state index in [4.69, 9.17) is 15.0 Å². The molecular weight excluding hydrogens is 409 g/mol. The molecule has 31 heavy (non-hydrogen) atoms. The molecule has 170 valence electrons. The fourth-order valence-corrected chi connectivity index (χ4v) is 6.97. The van der Waals surface area contributed by atoms with E-state index < -0.39 is 12.1 Å². The van der Waals surface area contributed by atoms with E-state index in [9.17, 15) is 18.4 Å². The summed E-state index contributed by atoms with van der Waals surface area (Å²) in [6.07, 6.45) is 5.92. The van der Waals surface area contributed by atoms with Crippen molar-refractivity contribution in [3.8, 4) is 6.07 Å². The van der Waals surface area contributed by atoms with Crippen molar-refractivity contribution in [1.82, 2.24) is 14.8 Å². The second kappa shape index (κ2) is 7.49. The molecule has 0 amide bonds. The van der Waals surface area contributed by atoms with Crippen LogP contribution in [0.5, 0.6) is 0 Å². The van der Waals surface area contributed by atoms with Gasteiger partial charge in [0.05, 0.1) is 18.5 Å². The third kappa shape index (κ3) is 3.94. The summed E-state index contributed by atoms with van der Waals surface area (Å²) < 4.78 is 34.2. The Labute approximate surface area is 179 Å². The van der Waals surface area contributed by atoms with Crippen LogP contribution in [-0.2, 0) is 16.6 Å². The second-order valence-electron chi connectivity index (χ2n) is 10.7. The molecule has 0 radical (unpaired) electrons. The molecule has 1 N–H and O–H groups in total. The summed E-state index contributed by atoms with van der Waals surface area (Å²) in [6, 6.07) is 2.69. The van der Waals surface area contributed by atoms with Crippen LogP contribution in [0.1, 0.15) is 82.9 Å². The monoisotopic (exact) mass is 438 g/mol. The lowest BCUT2D eigenvalue weighted by atomic mass is 9.49. The normalized spacial score (nSPS) is 35.0. The van der Waals surface area contributed by atoms with Gasteiger partial charge in [-0.15, -0.1) is 10.2 Å². The molecule has 5 aliphatic rings. The van der Waals surface area contributed by atoms with Crippen LogP contribution in [0.15, 0.2) is 0 Å². The number of hydrogen-bond acceptors (Lipinski definition) is 4. The molecule has 9 heteroatoms. The zero-order chi connectivity index (χ0) is 22.6. The van der Waals surface area contributed by atoms with E-state index in [-0.39, 0.29) is 16.9 Å². The van der Waals surface area contributed by atoms with Gasteiger partial charge in [-0.1, -0.05) is 13.8 Å². The minimum Gasteiger partial charge on any atom is -0.475 e. The molecule has 6 nitrogen and oxygen atoms in total. The van der Waals surface area contributed by atoms with Crippen molar-refractivity contribution < 1.29 is 23.1 Å². The molecule has 4 saturated carbocycles. The molecular formula is C22H29F3N4O2. The summed E-state index contributed by atoms with van der Waals surface area (Å²) in [5.74, 6) is 2.37. The number of aryl methyl sites for hydroxylation is 1. The van der Waals surface area contributed by atoms with Crippen LogP contribution in [0.2, 0.25) is 0 Å². The standard InChI is InChI=1S/C20H28N4.C2HF3O2/c1-19(2)5-3-17-22-23-18(24(17)16(19)4-6-21)20-10-13-7-14(11-20)9-15(8-13)12-20;3-2(4,5)1(6)7/h13-16H,3-5,7-12H2,1-2H3;(H,6,7). The minimum atomic E-state index is -5.08. The van der Waals surface area contributed by atoms with Crippen molar-refractivity contribution in [2.24, 2.45) is 23.2 Å². The molecule has 6 rings (SSSR count). The SMILES string of the molecule is CC1(C)CCc2nnc(C34CC5CC(CC(C5)C3)C4)n2C1CC#N.O=C(O)C(F)(F)F. The summed E-state index contributed by atoms with van der Waals surface area (Å²) in [7, 11) is 0. The number of carbonyl (C=O) groups is 1. The van der Waals surface area contributed by atoms with Crippen molar-refractivity contribution in [3.05, 3.63) is 11.6 Å². The number of alkyl halides is 3. The summed E-state index contributed by atoms with van der Waals surface area (Å²) in [5.41, 5.74) is 0.420. The molecule has 1 atom stereocenters. The van der Waals surface area contributed by atoms with Crippen LogP contribution in [0.3, 0.4) is 0 Å². The number of carboxylic acid groups (broad SMARTS) is 1. The Kier molecular flexibility index (Phi) is 5.34. The molecule has 4 aliphatic carbocycles. The van der Waals surface area contributed by atoms with Crippen LogP contribution in [0.25, 0.3) is 0 Å². The number of nitrogens with zero attached hydrogens (tertiary/aromatic N) is 4. The van der Waals surface area contributed by atoms with Crippen molar-refractivity contribution in [2.75, 3.05) is 0 Å². The van der Waals surface area contributed by atoms with Gasteiger partial charge < -0.3 is 9.67 Å². The molecule has 4 fully saturated rings. The van der Waals surface area contributed by atoms with Crippen LogP contribution >= 0.6 is 0 Å². The average Bonchev–Trinajstić information content (AvgIpc) is 3.07. The molecule has 2 heterocycles. The highest BCUT2D eigenvalue weighted by Crippen LogP contribution is 2.61. The van der Waals surface area contributed by atoms with Gasteiger partial charge in [-0.3, -0.25) is 0 Å². The van der Waals surface area contributed by atoms with E-state index in [0.29, 0.717) is 6.42 Å². The second-order valence-corrected chi connectivity index (χ2v) is 10.7. The highest BCUT2D eigenvalue weighted by Gasteiger charge is 2.55. The number of fused-ring (bicyclic) bond motifs is 1. The maximum absolute atomic E-state index is 10.6. The van der Waals surface area contributed by atoms with Gasteiger partial charge in [-0.25, -0.2) is 4.79 Å². The molecule has 1 aromatic rings. The molecule has 1 unspecified atom stereocenters. The van der Waals surface area contributed by atoms with Gasteiger partial charge in [0.15, 0.2) is 0 Å². The lowest BCUT2D eigenvalue weighted by molar-refractivity contribution is -0.192. The molecule has 0 saturated heterocycles. The van der Waals surface area contributed by atoms with Gasteiger partial charge in [-0.2, -0.15) is 18.4 Å². The Morgan fingerprint density at radius 2 is 1.68 bits per heavy atom. The molecule has 4 bridgehead atoms. The van der Waals surface area contributed by atoms with Crippen LogP contribution < -0.4 is 0 Å². The van der Waals surface area contributed by atoms with E-state index in [0.717, 1.165) is 36.4 Å². The lowest BCUT2D eigenvalue weighted by Gasteiger charge is -2.56. The number of hydrogen-bond donors (Lipinski definition) is 1. The van der Waals surface area contributed by atoms with E-state index in [1.165, 1.54) is 44.3 Å². The summed E-state index contributed by atoms with van der Waals surface area (Å²) in [6.45, 7) is 4.64. The van der Waals surface area contributed by atoms with E-state index in [1.54, 1.807) is 0 Å². The highest BCUT2D eigenvalue weighted by atomic mass is 19.4. The van der Waals surface area contributed by atoms with Crippen LogP contribution in [0.4, 0.5) is 13.2 Å². The van der Waals surface area contributed by atoms with Gasteiger partial charge in [0.1, 0.15) is 11.6 Å². The van der Waals surface area contributed by atoms with E-state index in [1.807, 2.05) is 0 Å². The Morgan fingerprint density at radius 1 is 1.16 bits per heavy atom. The Hall–Kier alpha value is -2.11. The predicted octanol–water partition coefficient (Wildman–Crippen LogP) is 4.81. The molecule has 1 aliphatic heterocycles. The number of aromatic nitrogens is 3. The molecule has 1 aromatic heterocycles. The largest absolute Gasteiger partial charge is 0.490 e. The Morgan fingerprint density at radius 3 is 2.13 bits per heavy atom. The predicted molar refractivity (Wildman–Crippen MR) is 105 cm³/mol. The lowest BCUT2D eigenvalue weighted by Crippen LogP contribution is -2.50. The minimum absolute atomic E-state index is 0.155. The maximum atomic E-state index is 10.6. The fourth-order valence-electron chi connectivity index (χ4n) is 6.97. The molecule has 0 spiro atoms. The first-order valence-electron chi connectivity index (χ1n) is 11.1. The van der Waals surface area contributed by atoms with Crippen molar-refractivity contribution in [1.29, 1.82) is 5.26 Å². The van der Waals surface area contributed by atoms with Crippen molar-refractivity contribution in [3.63, 3.8) is 0 Å². The topological polar surface area (TPSA) is 91.8 Å². The summed E-state index contributed by atoms with van der Waals surface area (Å²) in [5, 5.41) is 26.0. The van der Waals surface area contributed by atoms with Crippen molar-refractivity contribution >= 4 is 5.97 Å². The first-order chi connectivity index (χ1) is 14.4. The fraction of sp³-hybridized carbons (Fsp3) is 0.818. The maximum Gasteiger partial charge on any atom is 0.490 e. The van der Waals surface area contributed by atoms with E-state index in [2.05, 4.69) is 29.6 Å². The smallest absolute Gasteiger partial charge is 0.475 e. The highest BCUT2D eigenvalue weighted by molar-refractivity contribution is 5.73. The zero-order valence-electron chi connectivity index (χ0n) is 18.0. The summed E-state index contributed by atoms with van der Waals surface area (Å²) in [4.78, 5) is 8.90. The average molecular weight is 438 g/mol. The zero-order valence-corrected chi connectivity index (χ0v) is 18.0. The first kappa shape index (κ1) is 22.1. The Balaban J connectivity index is 0.000000289. The first-order valence-corrected chi connectivity index (χ1v) is 11.1. The quantitative estimate of drug-likeness (QED) is 0.716. The number of carboxylic acids is 1. The van der Waals surface area contributed by atoms with Crippen LogP contribution in [-0.4, -0.2) is 32.0 Å². The molecule has 0 aromatic carbocycles. The van der Waals surface area contributed by atoms with Gasteiger partial charge in [0, 0.05) is 11.8 Å². The van der Waals surface area contributed by atoms with Gasteiger partial charge >= 0.3 is 12.1 Å². The number of halogens is 3. The van der Waals surface area contributed by atoms with Gasteiger partial charge in [0.2, 0.25) is 0 Å². The van der Waals surface area contributed by atoms with Crippen LogP contribution in [0, 0.1) is 34.5 Å². The van der Waals surface area contributed by atoms with E-state index >= 15 is 0 Å². The van der Waals surface area contributed by atoms with Crippen molar-refractivity contribution in [2.45, 2.75) is 89.3 Å². The van der Waals surface area contributed by atoms with Gasteiger partial charge in [0.25, 0.3) is 0 Å². The van der Waals surface area contributed by atoms with Gasteiger partial charge in [-0.05, 0) is 68.1 Å². The number of rotatable bonds is 2. The number of nitriles is 1. The third-order valence-electron chi connectivity index (χ3n) is 8.01. The Bertz CT molecular complexity index is 864. The third-order valence-corrected chi connectivity index (χ3v) is 8.01. The summed E-state index contributed by atoms with van der Waals surface area (Å²) >= 11 is 0.